The van der Waals surface area contributed by atoms with E-state index in [1.54, 1.807) is 0 Å². The number of hydrogen-bond donors (Lipinski definition) is 2. The monoisotopic (exact) mass is 463 g/mol. The van der Waals surface area contributed by atoms with Gasteiger partial charge in [-0.15, -0.1) is 0 Å². The van der Waals surface area contributed by atoms with Crippen molar-refractivity contribution in [2.75, 3.05) is 11.9 Å². The summed E-state index contributed by atoms with van der Waals surface area (Å²) in [5, 5.41) is 12.0. The lowest BCUT2D eigenvalue weighted by atomic mass is 9.99. The minimum atomic E-state index is -0.759. The number of carboxylic acids is 1. The molecule has 1 aromatic carbocycles. The molecular weight excluding hydrogens is 418 g/mol. The van der Waals surface area contributed by atoms with Gasteiger partial charge in [0, 0.05) is 6.42 Å². The van der Waals surface area contributed by atoms with Gasteiger partial charge in [-0.2, -0.15) is 0 Å². The first-order chi connectivity index (χ1) is 15.5. The molecule has 0 heterocycles. The molecule has 0 aliphatic carbocycles. The summed E-state index contributed by atoms with van der Waals surface area (Å²) in [6.45, 7) is 5.16. The van der Waals surface area contributed by atoms with Gasteiger partial charge in [0.15, 0.2) is 0 Å². The SMILES string of the molecule is CCC(C)CCCCCCCCCCCC(=S)Nc1ccccc1OCCCCC(=O)O. The lowest BCUT2D eigenvalue weighted by Gasteiger charge is -2.14. The van der Waals surface area contributed by atoms with E-state index in [4.69, 9.17) is 22.1 Å². The number of ether oxygens (including phenoxy) is 1. The van der Waals surface area contributed by atoms with E-state index in [0.29, 0.717) is 13.0 Å². The minimum Gasteiger partial charge on any atom is -0.491 e. The van der Waals surface area contributed by atoms with E-state index < -0.39 is 5.97 Å². The third-order valence-corrected chi connectivity index (χ3v) is 6.31. The second-order valence-corrected chi connectivity index (χ2v) is 9.47. The second-order valence-electron chi connectivity index (χ2n) is 8.98. The Balaban J connectivity index is 2.08. The molecule has 4 nitrogen and oxygen atoms in total. The Hall–Kier alpha value is -1.62. The van der Waals surface area contributed by atoms with Crippen molar-refractivity contribution in [3.8, 4) is 5.75 Å². The van der Waals surface area contributed by atoms with Gasteiger partial charge in [0.1, 0.15) is 5.75 Å². The number of unbranched alkanes of at least 4 members (excludes halogenated alkanes) is 9. The molecule has 0 amide bonds. The van der Waals surface area contributed by atoms with E-state index in [0.717, 1.165) is 41.6 Å². The third-order valence-electron chi connectivity index (χ3n) is 6.00. The molecule has 182 valence electrons. The summed E-state index contributed by atoms with van der Waals surface area (Å²) in [6.07, 6.45) is 17.1. The average Bonchev–Trinajstić information content (AvgIpc) is 2.77. The highest BCUT2D eigenvalue weighted by Crippen LogP contribution is 2.25. The topological polar surface area (TPSA) is 58.6 Å². The Morgan fingerprint density at radius 2 is 1.53 bits per heavy atom. The van der Waals surface area contributed by atoms with Crippen molar-refractivity contribution in [3.05, 3.63) is 24.3 Å². The molecule has 0 saturated carbocycles. The van der Waals surface area contributed by atoms with Gasteiger partial charge in [0.25, 0.3) is 0 Å². The molecule has 0 fully saturated rings. The molecule has 0 aliphatic heterocycles. The van der Waals surface area contributed by atoms with Crippen LogP contribution in [0.5, 0.6) is 5.75 Å². The largest absolute Gasteiger partial charge is 0.491 e. The van der Waals surface area contributed by atoms with Crippen LogP contribution in [0.4, 0.5) is 5.69 Å². The van der Waals surface area contributed by atoms with Crippen LogP contribution in [0.2, 0.25) is 0 Å². The Bertz CT molecular complexity index is 635. The summed E-state index contributed by atoms with van der Waals surface area (Å²) in [6, 6.07) is 7.80. The number of nitrogens with one attached hydrogen (secondary N) is 1. The van der Waals surface area contributed by atoms with E-state index >= 15 is 0 Å². The van der Waals surface area contributed by atoms with Crippen LogP contribution in [0.1, 0.15) is 110 Å². The smallest absolute Gasteiger partial charge is 0.303 e. The van der Waals surface area contributed by atoms with E-state index in [1.165, 1.54) is 64.2 Å². The maximum Gasteiger partial charge on any atom is 0.303 e. The van der Waals surface area contributed by atoms with Crippen molar-refractivity contribution in [2.24, 2.45) is 5.92 Å². The standard InChI is InChI=1S/C27H45NO3S/c1-3-23(2)17-11-9-7-5-4-6-8-10-12-20-26(32)28-24-18-13-14-19-25(24)31-22-16-15-21-27(29)30/h13-14,18-19,23H,3-12,15-17,20-22H2,1-2H3,(H,28,32)(H,29,30). The summed E-state index contributed by atoms with van der Waals surface area (Å²) >= 11 is 5.53. The summed E-state index contributed by atoms with van der Waals surface area (Å²) in [4.78, 5) is 11.4. The van der Waals surface area contributed by atoms with E-state index in [9.17, 15) is 4.79 Å². The van der Waals surface area contributed by atoms with E-state index in [-0.39, 0.29) is 6.42 Å². The predicted molar refractivity (Wildman–Crippen MR) is 140 cm³/mol. The third kappa shape index (κ3) is 15.2. The predicted octanol–water partition coefficient (Wildman–Crippen LogP) is 8.40. The van der Waals surface area contributed by atoms with Crippen molar-refractivity contribution >= 4 is 28.9 Å². The summed E-state index contributed by atoms with van der Waals surface area (Å²) in [7, 11) is 0. The van der Waals surface area contributed by atoms with Crippen LogP contribution in [-0.2, 0) is 4.79 Å². The Morgan fingerprint density at radius 3 is 2.19 bits per heavy atom. The lowest BCUT2D eigenvalue weighted by Crippen LogP contribution is -2.10. The fraction of sp³-hybridized carbons (Fsp3) is 0.704. The molecule has 0 spiro atoms. The highest BCUT2D eigenvalue weighted by Gasteiger charge is 2.06. The summed E-state index contributed by atoms with van der Waals surface area (Å²) in [5.74, 6) is 0.909. The molecule has 0 aliphatic rings. The van der Waals surface area contributed by atoms with Gasteiger partial charge in [-0.3, -0.25) is 4.79 Å². The van der Waals surface area contributed by atoms with E-state index in [1.807, 2.05) is 24.3 Å². The van der Waals surface area contributed by atoms with Gasteiger partial charge in [0.05, 0.1) is 17.3 Å². The zero-order chi connectivity index (χ0) is 23.4. The molecule has 0 bridgehead atoms. The molecule has 0 saturated heterocycles. The van der Waals surface area contributed by atoms with Crippen LogP contribution in [0, 0.1) is 5.92 Å². The van der Waals surface area contributed by atoms with E-state index in [2.05, 4.69) is 19.2 Å². The number of thiocarbonyl (C=S) groups is 1. The first-order valence-corrected chi connectivity index (χ1v) is 13.2. The Kier molecular flexibility index (Phi) is 16.8. The molecule has 2 N–H and O–H groups in total. The number of para-hydroxylation sites is 2. The number of carboxylic acid groups (broad SMARTS) is 1. The maximum absolute atomic E-state index is 10.6. The number of benzene rings is 1. The van der Waals surface area contributed by atoms with Crippen molar-refractivity contribution in [2.45, 2.75) is 110 Å². The zero-order valence-corrected chi connectivity index (χ0v) is 21.2. The molecule has 32 heavy (non-hydrogen) atoms. The van der Waals surface area contributed by atoms with Crippen LogP contribution in [0.3, 0.4) is 0 Å². The maximum atomic E-state index is 10.6. The zero-order valence-electron chi connectivity index (χ0n) is 20.4. The molecular formula is C27H45NO3S. The van der Waals surface area contributed by atoms with Crippen molar-refractivity contribution in [3.63, 3.8) is 0 Å². The number of anilines is 1. The first-order valence-electron chi connectivity index (χ1n) is 12.8. The molecule has 5 heteroatoms. The normalized spacial score (nSPS) is 11.8. The van der Waals surface area contributed by atoms with Gasteiger partial charge < -0.3 is 15.2 Å². The summed E-state index contributed by atoms with van der Waals surface area (Å²) in [5.41, 5.74) is 0.893. The van der Waals surface area contributed by atoms with Gasteiger partial charge in [0.2, 0.25) is 0 Å². The summed E-state index contributed by atoms with van der Waals surface area (Å²) < 4.78 is 5.83. The highest BCUT2D eigenvalue weighted by molar-refractivity contribution is 7.80. The molecule has 1 rings (SSSR count). The minimum absolute atomic E-state index is 0.186. The van der Waals surface area contributed by atoms with Crippen LogP contribution in [-0.4, -0.2) is 22.7 Å². The van der Waals surface area contributed by atoms with Crippen molar-refractivity contribution in [1.29, 1.82) is 0 Å². The Labute approximate surface area is 201 Å². The molecule has 1 unspecified atom stereocenters. The van der Waals surface area contributed by atoms with Crippen molar-refractivity contribution in [1.82, 2.24) is 0 Å². The number of hydrogen-bond acceptors (Lipinski definition) is 3. The van der Waals surface area contributed by atoms with Crippen molar-refractivity contribution < 1.29 is 14.6 Å². The second kappa shape index (κ2) is 18.9. The number of aliphatic carboxylic acids is 1. The fourth-order valence-electron chi connectivity index (χ4n) is 3.69. The van der Waals surface area contributed by atoms with Gasteiger partial charge in [-0.25, -0.2) is 0 Å². The van der Waals surface area contributed by atoms with Crippen LogP contribution in [0.25, 0.3) is 0 Å². The Morgan fingerprint density at radius 1 is 0.938 bits per heavy atom. The van der Waals surface area contributed by atoms with Crippen LogP contribution < -0.4 is 10.1 Å². The fourth-order valence-corrected chi connectivity index (χ4v) is 3.94. The van der Waals surface area contributed by atoms with Crippen LogP contribution in [0.15, 0.2) is 24.3 Å². The molecule has 0 radical (unpaired) electrons. The van der Waals surface area contributed by atoms with Gasteiger partial charge in [-0.05, 0) is 43.7 Å². The van der Waals surface area contributed by atoms with Gasteiger partial charge in [-0.1, -0.05) is 102 Å². The number of rotatable bonds is 20. The molecule has 1 aromatic rings. The number of carbonyl (C=O) groups is 1. The van der Waals surface area contributed by atoms with Crippen LogP contribution >= 0.6 is 12.2 Å². The average molecular weight is 464 g/mol. The quantitative estimate of drug-likeness (QED) is 0.150. The molecule has 0 aromatic heterocycles. The first kappa shape index (κ1) is 28.4. The molecule has 1 atom stereocenters. The lowest BCUT2D eigenvalue weighted by molar-refractivity contribution is -0.137. The van der Waals surface area contributed by atoms with Gasteiger partial charge >= 0.3 is 5.97 Å². The highest BCUT2D eigenvalue weighted by atomic mass is 32.1.